The fraction of sp³-hybridized carbons (Fsp3) is 0.471. The summed E-state index contributed by atoms with van der Waals surface area (Å²) in [5.74, 6) is 0.117. The quantitative estimate of drug-likeness (QED) is 0.932. The smallest absolute Gasteiger partial charge is 0.224 e. The normalized spacial score (nSPS) is 19.2. The Morgan fingerprint density at radius 1 is 1.33 bits per heavy atom. The summed E-state index contributed by atoms with van der Waals surface area (Å²) in [5, 5.41) is 4.26. The van der Waals surface area contributed by atoms with Crippen LogP contribution in [0.2, 0.25) is 0 Å². The number of likely N-dealkylation sites (tertiary alicyclic amines) is 1. The number of carbonyl (C=O) groups excluding carboxylic acids is 1. The minimum absolute atomic E-state index is 0.117. The van der Waals surface area contributed by atoms with Gasteiger partial charge in [0.15, 0.2) is 0 Å². The number of fused-ring (bicyclic) bond motifs is 1. The minimum atomic E-state index is 0.117. The maximum absolute atomic E-state index is 12.2. The van der Waals surface area contributed by atoms with Crippen molar-refractivity contribution in [3.05, 3.63) is 36.0 Å². The highest BCUT2D eigenvalue weighted by Crippen LogP contribution is 2.20. The molecule has 1 saturated heterocycles. The number of hydrogen-bond acceptors (Lipinski definition) is 2. The number of nitrogens with zero attached hydrogens (tertiary/aromatic N) is 2. The Balaban J connectivity index is 1.64. The summed E-state index contributed by atoms with van der Waals surface area (Å²) < 4.78 is 2.09. The Morgan fingerprint density at radius 3 is 2.90 bits per heavy atom. The molecule has 0 aliphatic carbocycles. The number of amides is 1. The lowest BCUT2D eigenvalue weighted by Crippen LogP contribution is -2.38. The van der Waals surface area contributed by atoms with Gasteiger partial charge in [-0.1, -0.05) is 18.2 Å². The van der Waals surface area contributed by atoms with Crippen LogP contribution in [0.3, 0.4) is 0 Å². The predicted octanol–water partition coefficient (Wildman–Crippen LogP) is 1.93. The van der Waals surface area contributed by atoms with Gasteiger partial charge >= 0.3 is 0 Å². The van der Waals surface area contributed by atoms with Crippen LogP contribution in [0.1, 0.15) is 18.4 Å². The van der Waals surface area contributed by atoms with Gasteiger partial charge < -0.3 is 14.8 Å². The summed E-state index contributed by atoms with van der Waals surface area (Å²) in [6, 6.07) is 8.73. The van der Waals surface area contributed by atoms with Crippen LogP contribution in [-0.2, 0) is 18.3 Å². The zero-order chi connectivity index (χ0) is 14.8. The number of aryl methyl sites for hydroxylation is 1. The van der Waals surface area contributed by atoms with E-state index in [0.29, 0.717) is 12.5 Å². The van der Waals surface area contributed by atoms with E-state index in [1.165, 1.54) is 23.7 Å². The molecule has 1 aromatic heterocycles. The molecule has 0 radical (unpaired) electrons. The lowest BCUT2D eigenvalue weighted by atomic mass is 10.1. The summed E-state index contributed by atoms with van der Waals surface area (Å²) in [6.45, 7) is 1.91. The number of aromatic nitrogens is 1. The molecule has 0 bridgehead atoms. The van der Waals surface area contributed by atoms with E-state index in [0.717, 1.165) is 18.7 Å². The van der Waals surface area contributed by atoms with E-state index >= 15 is 0 Å². The van der Waals surface area contributed by atoms with Crippen molar-refractivity contribution in [2.45, 2.75) is 25.3 Å². The standard InChI is InChI=1S/C17H23N3O/c1-19-9-5-6-14(19)11-18-17(21)10-13-12-20(2)16-8-4-3-7-15(13)16/h3-4,7-8,12,14H,5-6,9-11H2,1-2H3,(H,18,21)/t14-/m0/s1. The Morgan fingerprint density at radius 2 is 2.14 bits per heavy atom. The molecule has 4 nitrogen and oxygen atoms in total. The molecule has 1 aliphatic heterocycles. The number of hydrogen-bond donors (Lipinski definition) is 1. The van der Waals surface area contributed by atoms with Crippen LogP contribution in [0.5, 0.6) is 0 Å². The van der Waals surface area contributed by atoms with Crippen LogP contribution < -0.4 is 5.32 Å². The van der Waals surface area contributed by atoms with Crippen molar-refractivity contribution in [3.8, 4) is 0 Å². The topological polar surface area (TPSA) is 37.3 Å². The van der Waals surface area contributed by atoms with Gasteiger partial charge in [-0.3, -0.25) is 4.79 Å². The Kier molecular flexibility index (Phi) is 3.97. The second-order valence-electron chi connectivity index (χ2n) is 6.04. The van der Waals surface area contributed by atoms with Crippen molar-refractivity contribution in [3.63, 3.8) is 0 Å². The van der Waals surface area contributed by atoms with E-state index in [2.05, 4.69) is 40.2 Å². The van der Waals surface area contributed by atoms with E-state index in [-0.39, 0.29) is 5.91 Å². The van der Waals surface area contributed by atoms with Gasteiger partial charge in [-0.25, -0.2) is 0 Å². The van der Waals surface area contributed by atoms with Crippen molar-refractivity contribution in [2.75, 3.05) is 20.1 Å². The van der Waals surface area contributed by atoms with Crippen LogP contribution >= 0.6 is 0 Å². The molecule has 0 spiro atoms. The Labute approximate surface area is 125 Å². The number of para-hydroxylation sites is 1. The zero-order valence-electron chi connectivity index (χ0n) is 12.8. The summed E-state index contributed by atoms with van der Waals surface area (Å²) in [5.41, 5.74) is 2.28. The highest BCUT2D eigenvalue weighted by atomic mass is 16.1. The van der Waals surface area contributed by atoms with Gasteiger partial charge in [0.05, 0.1) is 6.42 Å². The van der Waals surface area contributed by atoms with Crippen LogP contribution in [0.15, 0.2) is 30.5 Å². The largest absolute Gasteiger partial charge is 0.354 e. The minimum Gasteiger partial charge on any atom is -0.354 e. The molecule has 21 heavy (non-hydrogen) atoms. The van der Waals surface area contributed by atoms with Crippen LogP contribution in [0, 0.1) is 0 Å². The third-order valence-electron chi connectivity index (χ3n) is 4.54. The van der Waals surface area contributed by atoms with Gasteiger partial charge in [0, 0.05) is 36.7 Å². The maximum atomic E-state index is 12.2. The van der Waals surface area contributed by atoms with Crippen LogP contribution in [0.25, 0.3) is 10.9 Å². The zero-order valence-corrected chi connectivity index (χ0v) is 12.8. The van der Waals surface area contributed by atoms with Crippen molar-refractivity contribution < 1.29 is 4.79 Å². The molecule has 4 heteroatoms. The highest BCUT2D eigenvalue weighted by molar-refractivity contribution is 5.89. The first-order valence-corrected chi connectivity index (χ1v) is 7.65. The van der Waals surface area contributed by atoms with Gasteiger partial charge in [0.25, 0.3) is 0 Å². The molecule has 0 unspecified atom stereocenters. The Hall–Kier alpha value is -1.81. The second kappa shape index (κ2) is 5.90. The molecule has 2 aromatic rings. The molecular formula is C17H23N3O. The monoisotopic (exact) mass is 285 g/mol. The van der Waals surface area contributed by atoms with Crippen molar-refractivity contribution in [2.24, 2.45) is 7.05 Å². The molecule has 2 heterocycles. The molecule has 0 saturated carbocycles. The van der Waals surface area contributed by atoms with Gasteiger partial charge in [-0.2, -0.15) is 0 Å². The van der Waals surface area contributed by atoms with Gasteiger partial charge in [-0.05, 0) is 38.1 Å². The summed E-state index contributed by atoms with van der Waals surface area (Å²) in [4.78, 5) is 14.5. The molecule has 112 valence electrons. The first-order valence-electron chi connectivity index (χ1n) is 7.65. The number of rotatable bonds is 4. The fourth-order valence-electron chi connectivity index (χ4n) is 3.27. The highest BCUT2D eigenvalue weighted by Gasteiger charge is 2.21. The molecule has 3 rings (SSSR count). The van der Waals surface area contributed by atoms with Gasteiger partial charge in [-0.15, -0.1) is 0 Å². The van der Waals surface area contributed by atoms with E-state index in [9.17, 15) is 4.79 Å². The van der Waals surface area contributed by atoms with E-state index in [1.807, 2.05) is 19.2 Å². The number of carbonyl (C=O) groups is 1. The SMILES string of the molecule is CN1CCC[C@H]1CNC(=O)Cc1cn(C)c2ccccc12. The maximum Gasteiger partial charge on any atom is 0.224 e. The van der Waals surface area contributed by atoms with Crippen molar-refractivity contribution in [1.82, 2.24) is 14.8 Å². The molecule has 1 N–H and O–H groups in total. The Bertz CT molecular complexity index is 647. The predicted molar refractivity (Wildman–Crippen MR) is 85.3 cm³/mol. The first-order chi connectivity index (χ1) is 10.1. The molecular weight excluding hydrogens is 262 g/mol. The lowest BCUT2D eigenvalue weighted by Gasteiger charge is -2.19. The van der Waals surface area contributed by atoms with E-state index in [4.69, 9.17) is 0 Å². The summed E-state index contributed by atoms with van der Waals surface area (Å²) >= 11 is 0. The third-order valence-corrected chi connectivity index (χ3v) is 4.54. The van der Waals surface area contributed by atoms with E-state index < -0.39 is 0 Å². The summed E-state index contributed by atoms with van der Waals surface area (Å²) in [6.07, 6.45) is 4.94. The van der Waals surface area contributed by atoms with Crippen LogP contribution in [-0.4, -0.2) is 41.6 Å². The third kappa shape index (κ3) is 2.95. The lowest BCUT2D eigenvalue weighted by molar-refractivity contribution is -0.120. The number of benzene rings is 1. The van der Waals surface area contributed by atoms with Crippen molar-refractivity contribution in [1.29, 1.82) is 0 Å². The molecule has 1 aromatic carbocycles. The number of likely N-dealkylation sites (N-methyl/N-ethyl adjacent to an activating group) is 1. The second-order valence-corrected chi connectivity index (χ2v) is 6.04. The molecule has 1 atom stereocenters. The summed E-state index contributed by atoms with van der Waals surface area (Å²) in [7, 11) is 4.16. The fourth-order valence-corrected chi connectivity index (χ4v) is 3.27. The first kappa shape index (κ1) is 14.1. The molecule has 1 amide bonds. The van der Waals surface area contributed by atoms with Crippen molar-refractivity contribution >= 4 is 16.8 Å². The average molecular weight is 285 g/mol. The van der Waals surface area contributed by atoms with Crippen LogP contribution in [0.4, 0.5) is 0 Å². The number of nitrogens with one attached hydrogen (secondary N) is 1. The molecule has 1 fully saturated rings. The average Bonchev–Trinajstić information content (AvgIpc) is 3.02. The molecule has 1 aliphatic rings. The van der Waals surface area contributed by atoms with E-state index in [1.54, 1.807) is 0 Å². The van der Waals surface area contributed by atoms with Gasteiger partial charge in [0.1, 0.15) is 0 Å². The van der Waals surface area contributed by atoms with Gasteiger partial charge in [0.2, 0.25) is 5.91 Å².